The van der Waals surface area contributed by atoms with Crippen molar-refractivity contribution in [1.29, 1.82) is 0 Å². The molecule has 1 fully saturated rings. The van der Waals surface area contributed by atoms with Crippen molar-refractivity contribution >= 4 is 39.8 Å². The van der Waals surface area contributed by atoms with Gasteiger partial charge < -0.3 is 10.1 Å². The number of ether oxygens (including phenoxy) is 1. The van der Waals surface area contributed by atoms with Gasteiger partial charge in [0.05, 0.1) is 35.0 Å². The minimum absolute atomic E-state index is 0.0880. The van der Waals surface area contributed by atoms with Gasteiger partial charge in [-0.25, -0.2) is 4.99 Å². The number of amides is 1. The van der Waals surface area contributed by atoms with Gasteiger partial charge in [0.1, 0.15) is 5.75 Å². The SMILES string of the molecule is COc1ccc(C2=Nc3ccccc3N=C(SCC(=O)NC3CCCC3)C2)cc1. The molecule has 0 spiro atoms. The molecule has 0 unspecified atom stereocenters. The number of para-hydroxylation sites is 2. The fourth-order valence-electron chi connectivity index (χ4n) is 3.68. The molecule has 4 rings (SSSR count). The summed E-state index contributed by atoms with van der Waals surface area (Å²) in [5, 5.41) is 4.06. The van der Waals surface area contributed by atoms with Gasteiger partial charge in [-0.2, -0.15) is 0 Å². The number of aliphatic imine (C=N–C) groups is 2. The zero-order valence-electron chi connectivity index (χ0n) is 16.6. The lowest BCUT2D eigenvalue weighted by atomic mass is 10.1. The number of hydrogen-bond donors (Lipinski definition) is 1. The largest absolute Gasteiger partial charge is 0.497 e. The molecule has 0 aromatic heterocycles. The van der Waals surface area contributed by atoms with E-state index < -0.39 is 0 Å². The molecule has 0 radical (unpaired) electrons. The number of carbonyl (C=O) groups is 1. The highest BCUT2D eigenvalue weighted by molar-refractivity contribution is 8.14. The Morgan fingerprint density at radius 3 is 2.45 bits per heavy atom. The predicted molar refractivity (Wildman–Crippen MR) is 120 cm³/mol. The van der Waals surface area contributed by atoms with Gasteiger partial charge in [0.15, 0.2) is 0 Å². The van der Waals surface area contributed by atoms with Gasteiger partial charge in [-0.05, 0) is 54.8 Å². The second kappa shape index (κ2) is 9.27. The van der Waals surface area contributed by atoms with Crippen LogP contribution in [-0.4, -0.2) is 35.6 Å². The number of hydrogen-bond acceptors (Lipinski definition) is 5. The average molecular weight is 408 g/mol. The number of nitrogens with zero attached hydrogens (tertiary/aromatic N) is 2. The molecule has 2 aromatic carbocycles. The van der Waals surface area contributed by atoms with E-state index in [1.54, 1.807) is 7.11 Å². The topological polar surface area (TPSA) is 63.1 Å². The first-order chi connectivity index (χ1) is 14.2. The minimum atomic E-state index is 0.0880. The van der Waals surface area contributed by atoms with Crippen molar-refractivity contribution in [2.24, 2.45) is 9.98 Å². The molecule has 6 heteroatoms. The summed E-state index contributed by atoms with van der Waals surface area (Å²) in [4.78, 5) is 22.0. The second-order valence-electron chi connectivity index (χ2n) is 7.30. The van der Waals surface area contributed by atoms with Crippen LogP contribution in [0.1, 0.15) is 37.7 Å². The van der Waals surface area contributed by atoms with Gasteiger partial charge in [0.25, 0.3) is 0 Å². The fraction of sp³-hybridized carbons (Fsp3) is 0.348. The Morgan fingerprint density at radius 2 is 1.76 bits per heavy atom. The molecular formula is C23H25N3O2S. The van der Waals surface area contributed by atoms with Crippen molar-refractivity contribution in [3.05, 3.63) is 54.1 Å². The maximum atomic E-state index is 12.4. The molecule has 1 aliphatic heterocycles. The van der Waals surface area contributed by atoms with Crippen LogP contribution < -0.4 is 10.1 Å². The summed E-state index contributed by atoms with van der Waals surface area (Å²) in [7, 11) is 1.66. The molecule has 1 N–H and O–H groups in total. The Balaban J connectivity index is 1.51. The first kappa shape index (κ1) is 19.7. The van der Waals surface area contributed by atoms with Gasteiger partial charge in [0.2, 0.25) is 5.91 Å². The minimum Gasteiger partial charge on any atom is -0.497 e. The monoisotopic (exact) mass is 407 g/mol. The molecule has 1 aliphatic carbocycles. The summed E-state index contributed by atoms with van der Waals surface area (Å²) in [6, 6.07) is 16.1. The standard InChI is InChI=1S/C23H25N3O2S/c1-28-18-12-10-16(11-13-18)21-14-23(26-20-9-5-4-8-19(20)25-21)29-15-22(27)24-17-6-2-3-7-17/h4-5,8-13,17H,2-3,6-7,14-15H2,1H3,(H,24,27). The van der Waals surface area contributed by atoms with Crippen LogP contribution in [0.4, 0.5) is 11.4 Å². The van der Waals surface area contributed by atoms with E-state index in [4.69, 9.17) is 14.7 Å². The van der Waals surface area contributed by atoms with Gasteiger partial charge >= 0.3 is 0 Å². The maximum absolute atomic E-state index is 12.4. The zero-order valence-corrected chi connectivity index (χ0v) is 17.4. The van der Waals surface area contributed by atoms with E-state index in [0.717, 1.165) is 46.3 Å². The Kier molecular flexibility index (Phi) is 6.30. The van der Waals surface area contributed by atoms with Crippen LogP contribution in [0.25, 0.3) is 0 Å². The number of benzene rings is 2. The number of carbonyl (C=O) groups excluding carboxylic acids is 1. The van der Waals surface area contributed by atoms with E-state index in [1.807, 2.05) is 48.5 Å². The summed E-state index contributed by atoms with van der Waals surface area (Å²) in [6.45, 7) is 0. The van der Waals surface area contributed by atoms with E-state index in [0.29, 0.717) is 18.2 Å². The number of rotatable bonds is 5. The lowest BCUT2D eigenvalue weighted by molar-refractivity contribution is -0.119. The lowest BCUT2D eigenvalue weighted by Crippen LogP contribution is -2.34. The molecule has 0 atom stereocenters. The van der Waals surface area contributed by atoms with Gasteiger partial charge in [-0.3, -0.25) is 9.79 Å². The molecule has 5 nitrogen and oxygen atoms in total. The van der Waals surface area contributed by atoms with E-state index in [9.17, 15) is 4.79 Å². The summed E-state index contributed by atoms with van der Waals surface area (Å²) >= 11 is 1.50. The lowest BCUT2D eigenvalue weighted by Gasteiger charge is -2.12. The van der Waals surface area contributed by atoms with Crippen molar-refractivity contribution in [1.82, 2.24) is 5.32 Å². The number of nitrogens with one attached hydrogen (secondary N) is 1. The van der Waals surface area contributed by atoms with E-state index in [1.165, 1.54) is 24.6 Å². The van der Waals surface area contributed by atoms with Gasteiger partial charge in [0, 0.05) is 12.5 Å². The highest BCUT2D eigenvalue weighted by atomic mass is 32.2. The third-order valence-electron chi connectivity index (χ3n) is 5.21. The highest BCUT2D eigenvalue weighted by Crippen LogP contribution is 2.33. The van der Waals surface area contributed by atoms with Crippen molar-refractivity contribution in [3.63, 3.8) is 0 Å². The molecule has 1 amide bonds. The maximum Gasteiger partial charge on any atom is 0.230 e. The molecule has 0 bridgehead atoms. The highest BCUT2D eigenvalue weighted by Gasteiger charge is 2.19. The summed E-state index contributed by atoms with van der Waals surface area (Å²) in [5.74, 6) is 1.29. The van der Waals surface area contributed by atoms with Crippen LogP contribution in [0.5, 0.6) is 5.75 Å². The Bertz CT molecular complexity index is 931. The number of methoxy groups -OCH3 is 1. The smallest absolute Gasteiger partial charge is 0.230 e. The molecule has 0 saturated heterocycles. The molecule has 2 aromatic rings. The van der Waals surface area contributed by atoms with Crippen molar-refractivity contribution in [2.75, 3.05) is 12.9 Å². The zero-order chi connectivity index (χ0) is 20.1. The van der Waals surface area contributed by atoms with E-state index >= 15 is 0 Å². The second-order valence-corrected chi connectivity index (χ2v) is 8.34. The fourth-order valence-corrected chi connectivity index (χ4v) is 4.46. The van der Waals surface area contributed by atoms with Crippen LogP contribution in [-0.2, 0) is 4.79 Å². The Morgan fingerprint density at radius 1 is 1.07 bits per heavy atom. The Hall–Kier alpha value is -2.60. The predicted octanol–water partition coefficient (Wildman–Crippen LogP) is 5.04. The average Bonchev–Trinajstić information content (AvgIpc) is 3.18. The first-order valence-electron chi connectivity index (χ1n) is 10.0. The van der Waals surface area contributed by atoms with Gasteiger partial charge in [-0.15, -0.1) is 11.8 Å². The molecule has 2 aliphatic rings. The third kappa shape index (κ3) is 5.07. The van der Waals surface area contributed by atoms with Crippen LogP contribution in [0, 0.1) is 0 Å². The summed E-state index contributed by atoms with van der Waals surface area (Å²) in [6.07, 6.45) is 5.22. The first-order valence-corrected chi connectivity index (χ1v) is 11.0. The van der Waals surface area contributed by atoms with Crippen molar-refractivity contribution in [2.45, 2.75) is 38.1 Å². The van der Waals surface area contributed by atoms with Crippen LogP contribution in [0.3, 0.4) is 0 Å². The van der Waals surface area contributed by atoms with Gasteiger partial charge in [-0.1, -0.05) is 25.0 Å². The molecular weight excluding hydrogens is 382 g/mol. The summed E-state index contributed by atoms with van der Waals surface area (Å²) in [5.41, 5.74) is 3.67. The molecule has 1 heterocycles. The van der Waals surface area contributed by atoms with Crippen LogP contribution in [0.2, 0.25) is 0 Å². The van der Waals surface area contributed by atoms with Crippen molar-refractivity contribution in [3.8, 4) is 5.75 Å². The number of thioether (sulfide) groups is 1. The van der Waals surface area contributed by atoms with Crippen molar-refractivity contribution < 1.29 is 9.53 Å². The normalized spacial score (nSPS) is 16.4. The number of fused-ring (bicyclic) bond motifs is 1. The van der Waals surface area contributed by atoms with E-state index in [-0.39, 0.29) is 5.91 Å². The third-order valence-corrected chi connectivity index (χ3v) is 6.19. The molecule has 150 valence electrons. The molecule has 1 saturated carbocycles. The summed E-state index contributed by atoms with van der Waals surface area (Å²) < 4.78 is 5.27. The van der Waals surface area contributed by atoms with E-state index in [2.05, 4.69) is 5.32 Å². The van der Waals surface area contributed by atoms with Crippen LogP contribution in [0.15, 0.2) is 58.5 Å². The Labute approximate surface area is 175 Å². The molecule has 29 heavy (non-hydrogen) atoms. The van der Waals surface area contributed by atoms with Crippen LogP contribution >= 0.6 is 11.8 Å². The quantitative estimate of drug-likeness (QED) is 0.755.